The van der Waals surface area contributed by atoms with Crippen LogP contribution in [0.4, 0.5) is 5.69 Å². The second-order valence-electron chi connectivity index (χ2n) is 4.98. The van der Waals surface area contributed by atoms with Crippen molar-refractivity contribution in [1.82, 2.24) is 9.80 Å². The van der Waals surface area contributed by atoms with Crippen LogP contribution < -0.4 is 5.73 Å². The van der Waals surface area contributed by atoms with Crippen molar-refractivity contribution in [2.45, 2.75) is 6.54 Å². The smallest absolute Gasteiger partial charge is 0.266 e. The molecule has 0 aromatic carbocycles. The molecule has 0 unspecified atom stereocenters. The fraction of sp³-hybridized carbons (Fsp3) is 0.357. The van der Waals surface area contributed by atoms with Crippen LogP contribution in [-0.2, 0) is 6.54 Å². The number of carbonyl (C=O) groups excluding carboxylic acids is 1. The maximum Gasteiger partial charge on any atom is 0.266 e. The molecule has 3 heterocycles. The Bertz CT molecular complexity index is 632. The summed E-state index contributed by atoms with van der Waals surface area (Å²) in [5.41, 5.74) is 6.41. The topological polar surface area (TPSA) is 49.6 Å². The summed E-state index contributed by atoms with van der Waals surface area (Å²) in [4.78, 5) is 18.5. The van der Waals surface area contributed by atoms with Crippen LogP contribution in [0.25, 0.3) is 0 Å². The zero-order valence-corrected chi connectivity index (χ0v) is 13.8. The molecule has 0 atom stereocenters. The lowest BCUT2D eigenvalue weighted by atomic mass is 10.2. The normalized spacial score (nSPS) is 16.3. The number of hydrogen-bond acceptors (Lipinski definition) is 5. The molecule has 1 fully saturated rings. The van der Waals surface area contributed by atoms with Crippen molar-refractivity contribution in [1.29, 1.82) is 0 Å². The first-order chi connectivity index (χ1) is 10.1. The van der Waals surface area contributed by atoms with Crippen molar-refractivity contribution in [2.24, 2.45) is 0 Å². The summed E-state index contributed by atoms with van der Waals surface area (Å²) in [5, 5.41) is 1.86. The van der Waals surface area contributed by atoms with Gasteiger partial charge >= 0.3 is 0 Å². The average Bonchev–Trinajstić information content (AvgIpc) is 3.08. The molecule has 3 rings (SSSR count). The van der Waals surface area contributed by atoms with E-state index in [-0.39, 0.29) is 5.91 Å². The molecule has 4 nitrogen and oxygen atoms in total. The van der Waals surface area contributed by atoms with Crippen LogP contribution >= 0.6 is 34.3 Å². The van der Waals surface area contributed by atoms with E-state index in [0.717, 1.165) is 37.1 Å². The summed E-state index contributed by atoms with van der Waals surface area (Å²) < 4.78 is 0.826. The number of amides is 1. The number of piperazine rings is 1. The number of hydrogen-bond donors (Lipinski definition) is 1. The first-order valence-corrected chi connectivity index (χ1v) is 8.79. The predicted molar refractivity (Wildman–Crippen MR) is 89.2 cm³/mol. The molecule has 1 amide bonds. The van der Waals surface area contributed by atoms with Crippen molar-refractivity contribution >= 4 is 45.9 Å². The largest absolute Gasteiger partial charge is 0.397 e. The number of nitrogens with two attached hydrogens (primary N) is 1. The fourth-order valence-electron chi connectivity index (χ4n) is 2.40. The summed E-state index contributed by atoms with van der Waals surface area (Å²) in [6.07, 6.45) is 0. The molecule has 2 N–H and O–H groups in total. The summed E-state index contributed by atoms with van der Waals surface area (Å²) >= 11 is 8.98. The monoisotopic (exact) mass is 341 g/mol. The molecule has 112 valence electrons. The average molecular weight is 342 g/mol. The highest BCUT2D eigenvalue weighted by molar-refractivity contribution is 7.16. The van der Waals surface area contributed by atoms with E-state index >= 15 is 0 Å². The number of nitrogens with zero attached hydrogens (tertiary/aromatic N) is 2. The third kappa shape index (κ3) is 3.40. The summed E-state index contributed by atoms with van der Waals surface area (Å²) in [7, 11) is 0. The van der Waals surface area contributed by atoms with Gasteiger partial charge in [-0.25, -0.2) is 0 Å². The van der Waals surface area contributed by atoms with Gasteiger partial charge in [-0.3, -0.25) is 9.69 Å². The van der Waals surface area contributed by atoms with E-state index < -0.39 is 0 Å². The van der Waals surface area contributed by atoms with Crippen molar-refractivity contribution in [3.63, 3.8) is 0 Å². The van der Waals surface area contributed by atoms with Crippen LogP contribution in [-0.4, -0.2) is 41.9 Å². The van der Waals surface area contributed by atoms with E-state index in [9.17, 15) is 4.79 Å². The second kappa shape index (κ2) is 6.36. The van der Waals surface area contributed by atoms with Crippen molar-refractivity contribution in [3.05, 3.63) is 37.7 Å². The molecule has 0 bridgehead atoms. The van der Waals surface area contributed by atoms with Gasteiger partial charge in [0, 0.05) is 37.6 Å². The quantitative estimate of drug-likeness (QED) is 0.933. The van der Waals surface area contributed by atoms with Gasteiger partial charge in [-0.05, 0) is 23.6 Å². The number of anilines is 1. The van der Waals surface area contributed by atoms with E-state index in [1.165, 1.54) is 16.2 Å². The Hall–Kier alpha value is -1.08. The first-order valence-electron chi connectivity index (χ1n) is 6.72. The lowest BCUT2D eigenvalue weighted by molar-refractivity contribution is 0.0635. The third-order valence-corrected chi connectivity index (χ3v) is 5.69. The van der Waals surface area contributed by atoms with Crippen LogP contribution in [0.1, 0.15) is 14.5 Å². The highest BCUT2D eigenvalue weighted by atomic mass is 35.5. The maximum absolute atomic E-state index is 12.4. The van der Waals surface area contributed by atoms with E-state index in [2.05, 4.69) is 11.0 Å². The van der Waals surface area contributed by atoms with E-state index in [1.54, 1.807) is 17.4 Å². The fourth-order valence-corrected chi connectivity index (χ4v) is 4.32. The van der Waals surface area contributed by atoms with Crippen LogP contribution in [0.3, 0.4) is 0 Å². The number of halogens is 1. The van der Waals surface area contributed by atoms with Gasteiger partial charge in [0.25, 0.3) is 5.91 Å². The molecule has 2 aromatic heterocycles. The first kappa shape index (κ1) is 14.8. The van der Waals surface area contributed by atoms with Crippen molar-refractivity contribution in [2.75, 3.05) is 31.9 Å². The second-order valence-corrected chi connectivity index (χ2v) is 7.69. The van der Waals surface area contributed by atoms with Gasteiger partial charge in [0.05, 0.1) is 10.0 Å². The number of nitrogen functional groups attached to an aromatic ring is 1. The number of thiophene rings is 2. The van der Waals surface area contributed by atoms with E-state index in [1.807, 2.05) is 16.3 Å². The van der Waals surface area contributed by atoms with E-state index in [4.69, 9.17) is 17.3 Å². The highest BCUT2D eigenvalue weighted by Crippen LogP contribution is 2.24. The van der Waals surface area contributed by atoms with Crippen LogP contribution in [0.2, 0.25) is 4.34 Å². The molecule has 21 heavy (non-hydrogen) atoms. The number of rotatable bonds is 3. The Morgan fingerprint density at radius 1 is 1.24 bits per heavy atom. The molecule has 2 aromatic rings. The van der Waals surface area contributed by atoms with Crippen molar-refractivity contribution < 1.29 is 4.79 Å². The highest BCUT2D eigenvalue weighted by Gasteiger charge is 2.24. The van der Waals surface area contributed by atoms with Gasteiger partial charge in [0.2, 0.25) is 0 Å². The SMILES string of the molecule is Nc1ccsc1C(=O)N1CCN(Cc2ccc(Cl)s2)CC1. The van der Waals surface area contributed by atoms with Gasteiger partial charge in [-0.15, -0.1) is 22.7 Å². The van der Waals surface area contributed by atoms with Gasteiger partial charge in [-0.1, -0.05) is 11.6 Å². The Balaban J connectivity index is 1.55. The molecule has 1 saturated heterocycles. The molecule has 1 aliphatic heterocycles. The molecular formula is C14H16ClN3OS2. The number of carbonyl (C=O) groups is 1. The zero-order valence-electron chi connectivity index (χ0n) is 11.4. The summed E-state index contributed by atoms with van der Waals surface area (Å²) in [5.74, 6) is 0.0568. The standard InChI is InChI=1S/C14H16ClN3OS2/c15-12-2-1-10(21-12)9-17-4-6-18(7-5-17)14(19)13-11(16)3-8-20-13/h1-3,8H,4-7,9,16H2. The zero-order chi connectivity index (χ0) is 14.8. The van der Waals surface area contributed by atoms with E-state index in [0.29, 0.717) is 10.6 Å². The minimum Gasteiger partial charge on any atom is -0.397 e. The molecule has 0 radical (unpaired) electrons. The van der Waals surface area contributed by atoms with Gasteiger partial charge < -0.3 is 10.6 Å². The van der Waals surface area contributed by atoms with Gasteiger partial charge in [-0.2, -0.15) is 0 Å². The van der Waals surface area contributed by atoms with Crippen LogP contribution in [0.15, 0.2) is 23.6 Å². The lowest BCUT2D eigenvalue weighted by Gasteiger charge is -2.34. The van der Waals surface area contributed by atoms with Gasteiger partial charge in [0.15, 0.2) is 0 Å². The van der Waals surface area contributed by atoms with Crippen molar-refractivity contribution in [3.8, 4) is 0 Å². The Kier molecular flexibility index (Phi) is 4.49. The van der Waals surface area contributed by atoms with Crippen LogP contribution in [0.5, 0.6) is 0 Å². The summed E-state index contributed by atoms with van der Waals surface area (Å²) in [6.45, 7) is 4.16. The lowest BCUT2D eigenvalue weighted by Crippen LogP contribution is -2.48. The predicted octanol–water partition coefficient (Wildman–Crippen LogP) is 3.00. The minimum absolute atomic E-state index is 0.0568. The molecule has 0 spiro atoms. The molecule has 0 saturated carbocycles. The Morgan fingerprint density at radius 3 is 2.57 bits per heavy atom. The van der Waals surface area contributed by atoms with Crippen LogP contribution in [0, 0.1) is 0 Å². The molecule has 7 heteroatoms. The third-order valence-electron chi connectivity index (χ3n) is 3.56. The minimum atomic E-state index is 0.0568. The molecule has 1 aliphatic rings. The maximum atomic E-state index is 12.4. The molecule has 0 aliphatic carbocycles. The van der Waals surface area contributed by atoms with Gasteiger partial charge in [0.1, 0.15) is 4.88 Å². The Morgan fingerprint density at radius 2 is 2.00 bits per heavy atom. The summed E-state index contributed by atoms with van der Waals surface area (Å²) in [6, 6.07) is 5.78. The molecular weight excluding hydrogens is 326 g/mol. The Labute approximate surface area is 136 Å².